The van der Waals surface area contributed by atoms with E-state index in [0.717, 1.165) is 5.92 Å². The van der Waals surface area contributed by atoms with Gasteiger partial charge >= 0.3 is 0 Å². The topological polar surface area (TPSA) is 38.0 Å². The van der Waals surface area contributed by atoms with E-state index in [1.165, 1.54) is 37.2 Å². The molecule has 1 saturated carbocycles. The highest BCUT2D eigenvalue weighted by atomic mass is 32.2. The van der Waals surface area contributed by atoms with Crippen molar-refractivity contribution in [3.05, 3.63) is 0 Å². The van der Waals surface area contributed by atoms with E-state index >= 15 is 0 Å². The minimum atomic E-state index is 0.538. The minimum absolute atomic E-state index is 0.538. The minimum Gasteiger partial charge on any atom is -0.271 e. The molecule has 72 valence electrons. The van der Waals surface area contributed by atoms with Crippen molar-refractivity contribution in [2.75, 3.05) is 11.5 Å². The average molecular weight is 188 g/mol. The highest BCUT2D eigenvalue weighted by Crippen LogP contribution is 2.33. The lowest BCUT2D eigenvalue weighted by molar-refractivity contribution is 0.502. The summed E-state index contributed by atoms with van der Waals surface area (Å²) in [6, 6.07) is 0.538. The number of hydrogen-bond acceptors (Lipinski definition) is 3. The van der Waals surface area contributed by atoms with E-state index in [9.17, 15) is 0 Å². The van der Waals surface area contributed by atoms with Crippen molar-refractivity contribution in [3.63, 3.8) is 0 Å². The van der Waals surface area contributed by atoms with Crippen molar-refractivity contribution in [1.82, 2.24) is 5.43 Å². The number of nitrogens with two attached hydrogens (primary N) is 1. The van der Waals surface area contributed by atoms with Crippen LogP contribution in [0, 0.1) is 5.92 Å². The maximum Gasteiger partial charge on any atom is 0.0301 e. The summed E-state index contributed by atoms with van der Waals surface area (Å²) in [4.78, 5) is 0. The second-order valence-corrected chi connectivity index (χ2v) is 4.86. The Bertz CT molecular complexity index is 115. The second kappa shape index (κ2) is 5.84. The highest BCUT2D eigenvalue weighted by molar-refractivity contribution is 7.99. The van der Waals surface area contributed by atoms with E-state index in [1.807, 2.05) is 11.8 Å². The third-order valence-electron chi connectivity index (χ3n) is 2.38. The molecular formula is C9H20N2S. The first kappa shape index (κ1) is 10.4. The maximum atomic E-state index is 5.46. The normalized spacial score (nSPS) is 19.5. The lowest BCUT2D eigenvalue weighted by Crippen LogP contribution is -2.37. The zero-order valence-electron chi connectivity index (χ0n) is 7.88. The van der Waals surface area contributed by atoms with E-state index in [2.05, 4.69) is 12.3 Å². The standard InChI is InChI=1S/C9H20N2S/c1-2-12-7-9(11-10)6-5-8-3-4-8/h8-9,11H,2-7,10H2,1H3. The molecule has 0 aliphatic heterocycles. The quantitative estimate of drug-likeness (QED) is 0.472. The van der Waals surface area contributed by atoms with E-state index in [4.69, 9.17) is 5.84 Å². The van der Waals surface area contributed by atoms with Crippen molar-refractivity contribution in [1.29, 1.82) is 0 Å². The van der Waals surface area contributed by atoms with Crippen LogP contribution in [0.5, 0.6) is 0 Å². The predicted octanol–water partition coefficient (Wildman–Crippen LogP) is 1.76. The SMILES string of the molecule is CCSCC(CCC1CC1)NN. The summed E-state index contributed by atoms with van der Waals surface area (Å²) in [5, 5.41) is 0. The fourth-order valence-electron chi connectivity index (χ4n) is 1.32. The molecule has 0 heterocycles. The van der Waals surface area contributed by atoms with Crippen LogP contribution in [0.25, 0.3) is 0 Å². The number of nitrogens with one attached hydrogen (secondary N) is 1. The third kappa shape index (κ3) is 4.33. The van der Waals surface area contributed by atoms with Crippen LogP contribution < -0.4 is 11.3 Å². The molecule has 0 aromatic heterocycles. The first-order chi connectivity index (χ1) is 5.86. The molecule has 1 aliphatic rings. The lowest BCUT2D eigenvalue weighted by atomic mass is 10.1. The van der Waals surface area contributed by atoms with Gasteiger partial charge in [-0.15, -0.1) is 0 Å². The molecule has 12 heavy (non-hydrogen) atoms. The van der Waals surface area contributed by atoms with E-state index in [-0.39, 0.29) is 0 Å². The smallest absolute Gasteiger partial charge is 0.0301 e. The number of hydrogen-bond donors (Lipinski definition) is 2. The molecule has 2 nitrogen and oxygen atoms in total. The van der Waals surface area contributed by atoms with Crippen LogP contribution in [0.4, 0.5) is 0 Å². The zero-order valence-corrected chi connectivity index (χ0v) is 8.70. The van der Waals surface area contributed by atoms with Gasteiger partial charge in [0.05, 0.1) is 0 Å². The summed E-state index contributed by atoms with van der Waals surface area (Å²) < 4.78 is 0. The van der Waals surface area contributed by atoms with Crippen molar-refractivity contribution in [2.24, 2.45) is 11.8 Å². The molecule has 0 saturated heterocycles. The highest BCUT2D eigenvalue weighted by Gasteiger charge is 2.21. The maximum absolute atomic E-state index is 5.46. The molecule has 0 aromatic carbocycles. The molecule has 0 spiro atoms. The number of thioether (sulfide) groups is 1. The lowest BCUT2D eigenvalue weighted by Gasteiger charge is -2.14. The molecule has 0 aromatic rings. The Kier molecular flexibility index (Phi) is 5.04. The summed E-state index contributed by atoms with van der Waals surface area (Å²) >= 11 is 1.97. The van der Waals surface area contributed by atoms with Crippen molar-refractivity contribution in [2.45, 2.75) is 38.6 Å². The first-order valence-corrected chi connectivity index (χ1v) is 6.06. The predicted molar refractivity (Wildman–Crippen MR) is 56.1 cm³/mol. The zero-order chi connectivity index (χ0) is 8.81. The summed E-state index contributed by atoms with van der Waals surface area (Å²) in [7, 11) is 0. The molecule has 3 heteroatoms. The first-order valence-electron chi connectivity index (χ1n) is 4.90. The van der Waals surface area contributed by atoms with Gasteiger partial charge in [-0.3, -0.25) is 11.3 Å². The van der Waals surface area contributed by atoms with E-state index in [1.54, 1.807) is 0 Å². The van der Waals surface area contributed by atoms with E-state index in [0.29, 0.717) is 6.04 Å². The van der Waals surface area contributed by atoms with Crippen LogP contribution >= 0.6 is 11.8 Å². The summed E-state index contributed by atoms with van der Waals surface area (Å²) in [6.07, 6.45) is 5.55. The average Bonchev–Trinajstić information content (AvgIpc) is 2.89. The van der Waals surface area contributed by atoms with Gasteiger partial charge in [0, 0.05) is 11.8 Å². The van der Waals surface area contributed by atoms with Gasteiger partial charge in [-0.2, -0.15) is 11.8 Å². The van der Waals surface area contributed by atoms with Gasteiger partial charge in [-0.25, -0.2) is 0 Å². The second-order valence-electron chi connectivity index (χ2n) is 3.54. The molecule has 1 unspecified atom stereocenters. The van der Waals surface area contributed by atoms with Crippen LogP contribution in [-0.4, -0.2) is 17.5 Å². The summed E-state index contributed by atoms with van der Waals surface area (Å²) in [5.74, 6) is 8.85. The monoisotopic (exact) mass is 188 g/mol. The number of hydrazine groups is 1. The molecule has 0 radical (unpaired) electrons. The van der Waals surface area contributed by atoms with Crippen molar-refractivity contribution in [3.8, 4) is 0 Å². The molecule has 0 bridgehead atoms. The van der Waals surface area contributed by atoms with Crippen LogP contribution in [0.1, 0.15) is 32.6 Å². The molecule has 0 amide bonds. The Morgan fingerprint density at radius 2 is 2.33 bits per heavy atom. The summed E-state index contributed by atoms with van der Waals surface area (Å²) in [6.45, 7) is 2.19. The number of rotatable bonds is 7. The van der Waals surface area contributed by atoms with Gasteiger partial charge in [0.1, 0.15) is 0 Å². The molecule has 1 rings (SSSR count). The fraction of sp³-hybridized carbons (Fsp3) is 1.00. The Balaban J connectivity index is 1.98. The summed E-state index contributed by atoms with van der Waals surface area (Å²) in [5.41, 5.74) is 2.90. The molecular weight excluding hydrogens is 168 g/mol. The van der Waals surface area contributed by atoms with E-state index < -0.39 is 0 Å². The van der Waals surface area contributed by atoms with Gasteiger partial charge in [-0.1, -0.05) is 19.8 Å². The van der Waals surface area contributed by atoms with Crippen LogP contribution in [-0.2, 0) is 0 Å². The van der Waals surface area contributed by atoms with Crippen molar-refractivity contribution < 1.29 is 0 Å². The Morgan fingerprint density at radius 1 is 1.58 bits per heavy atom. The van der Waals surface area contributed by atoms with Gasteiger partial charge in [0.25, 0.3) is 0 Å². The van der Waals surface area contributed by atoms with Crippen LogP contribution in [0.2, 0.25) is 0 Å². The largest absolute Gasteiger partial charge is 0.271 e. The van der Waals surface area contributed by atoms with Crippen LogP contribution in [0.3, 0.4) is 0 Å². The third-order valence-corrected chi connectivity index (χ3v) is 3.43. The van der Waals surface area contributed by atoms with Crippen molar-refractivity contribution >= 4 is 11.8 Å². The Labute approximate surface area is 79.6 Å². The van der Waals surface area contributed by atoms with Gasteiger partial charge in [0.15, 0.2) is 0 Å². The molecule has 3 N–H and O–H groups in total. The Hall–Kier alpha value is 0.270. The fourth-order valence-corrected chi connectivity index (χ4v) is 2.10. The van der Waals surface area contributed by atoms with Gasteiger partial charge in [0.2, 0.25) is 0 Å². The molecule has 1 fully saturated rings. The van der Waals surface area contributed by atoms with Crippen LogP contribution in [0.15, 0.2) is 0 Å². The Morgan fingerprint density at radius 3 is 2.83 bits per heavy atom. The molecule has 1 aliphatic carbocycles. The molecule has 1 atom stereocenters. The van der Waals surface area contributed by atoms with Gasteiger partial charge in [-0.05, 0) is 24.5 Å². The van der Waals surface area contributed by atoms with Gasteiger partial charge < -0.3 is 0 Å².